The Balaban J connectivity index is 2.10. The summed E-state index contributed by atoms with van der Waals surface area (Å²) in [5, 5.41) is 0. The van der Waals surface area contributed by atoms with Crippen LogP contribution in [-0.2, 0) is 10.0 Å². The lowest BCUT2D eigenvalue weighted by Gasteiger charge is -2.07. The number of sulfonamides is 1. The molecular weight excluding hydrogens is 278 g/mol. The molecule has 0 spiro atoms. The zero-order chi connectivity index (χ0) is 14.4. The largest absolute Gasteiger partial charge is 0.490 e. The third-order valence-electron chi connectivity index (χ3n) is 2.38. The molecule has 1 N–H and O–H groups in total. The second kappa shape index (κ2) is 6.33. The normalized spacial score (nSPS) is 11.1. The van der Waals surface area contributed by atoms with Crippen LogP contribution in [0.25, 0.3) is 0 Å². The number of benzene rings is 1. The van der Waals surface area contributed by atoms with E-state index in [4.69, 9.17) is 4.74 Å². The van der Waals surface area contributed by atoms with E-state index in [2.05, 4.69) is 14.7 Å². The van der Waals surface area contributed by atoms with E-state index in [1.165, 1.54) is 24.5 Å². The Morgan fingerprint density at radius 2 is 1.80 bits per heavy atom. The van der Waals surface area contributed by atoms with Crippen molar-refractivity contribution in [3.63, 3.8) is 0 Å². The fourth-order valence-corrected chi connectivity index (χ4v) is 2.42. The van der Waals surface area contributed by atoms with Crippen molar-refractivity contribution < 1.29 is 13.2 Å². The lowest BCUT2D eigenvalue weighted by molar-refractivity contribution is 0.315. The van der Waals surface area contributed by atoms with Gasteiger partial charge in [0.05, 0.1) is 23.9 Å². The molecule has 0 atom stereocenters. The van der Waals surface area contributed by atoms with Crippen LogP contribution < -0.4 is 9.46 Å². The van der Waals surface area contributed by atoms with E-state index >= 15 is 0 Å². The number of rotatable bonds is 6. The van der Waals surface area contributed by atoms with Crippen LogP contribution in [0.1, 0.15) is 13.3 Å². The maximum Gasteiger partial charge on any atom is 0.264 e. The molecule has 0 aliphatic carbocycles. The topological polar surface area (TPSA) is 81.2 Å². The first-order valence-electron chi connectivity index (χ1n) is 6.14. The molecule has 1 aromatic heterocycles. The summed E-state index contributed by atoms with van der Waals surface area (Å²) in [7, 11) is -3.66. The highest BCUT2D eigenvalue weighted by Crippen LogP contribution is 2.14. The van der Waals surface area contributed by atoms with Crippen LogP contribution >= 0.6 is 0 Å². The van der Waals surface area contributed by atoms with E-state index < -0.39 is 10.0 Å². The molecule has 1 aromatic carbocycles. The molecule has 0 bridgehead atoms. The van der Waals surface area contributed by atoms with Crippen LogP contribution in [0.4, 0.5) is 5.95 Å². The Morgan fingerprint density at radius 3 is 2.40 bits per heavy atom. The van der Waals surface area contributed by atoms with Gasteiger partial charge in [-0.25, -0.2) is 23.1 Å². The quantitative estimate of drug-likeness (QED) is 0.881. The smallest absolute Gasteiger partial charge is 0.264 e. The van der Waals surface area contributed by atoms with Gasteiger partial charge in [-0.05, 0) is 18.6 Å². The van der Waals surface area contributed by atoms with Gasteiger partial charge in [-0.2, -0.15) is 0 Å². The van der Waals surface area contributed by atoms with Gasteiger partial charge in [0.15, 0.2) is 5.75 Å². The minimum Gasteiger partial charge on any atom is -0.490 e. The number of nitrogens with zero attached hydrogens (tertiary/aromatic N) is 2. The first-order chi connectivity index (χ1) is 9.62. The summed E-state index contributed by atoms with van der Waals surface area (Å²) in [5.74, 6) is 0.521. The third kappa shape index (κ3) is 3.67. The number of anilines is 1. The van der Waals surface area contributed by atoms with Crippen molar-refractivity contribution >= 4 is 16.0 Å². The minimum atomic E-state index is -3.66. The summed E-state index contributed by atoms with van der Waals surface area (Å²) in [5.41, 5.74) is 0. The van der Waals surface area contributed by atoms with Gasteiger partial charge < -0.3 is 4.74 Å². The Hall–Kier alpha value is -2.15. The van der Waals surface area contributed by atoms with Crippen molar-refractivity contribution in [2.24, 2.45) is 0 Å². The summed E-state index contributed by atoms with van der Waals surface area (Å²) >= 11 is 0. The standard InChI is InChI=1S/C13H15N3O3S/c1-2-8-19-11-9-14-13(15-10-11)16-20(17,18)12-6-4-3-5-7-12/h3-7,9-10H,2,8H2,1H3,(H,14,15,16). The summed E-state index contributed by atoms with van der Waals surface area (Å²) in [6.07, 6.45) is 3.75. The molecule has 0 fully saturated rings. The van der Waals surface area contributed by atoms with Crippen LogP contribution in [0.2, 0.25) is 0 Å². The number of aromatic nitrogens is 2. The van der Waals surface area contributed by atoms with Crippen LogP contribution in [0.5, 0.6) is 5.75 Å². The average molecular weight is 293 g/mol. The molecule has 0 aliphatic heterocycles. The van der Waals surface area contributed by atoms with Crippen molar-refractivity contribution in [2.45, 2.75) is 18.2 Å². The van der Waals surface area contributed by atoms with E-state index in [0.29, 0.717) is 12.4 Å². The highest BCUT2D eigenvalue weighted by molar-refractivity contribution is 7.92. The number of ether oxygens (including phenoxy) is 1. The second-order valence-corrected chi connectivity index (χ2v) is 5.69. The molecule has 20 heavy (non-hydrogen) atoms. The average Bonchev–Trinajstić information content (AvgIpc) is 2.47. The van der Waals surface area contributed by atoms with Gasteiger partial charge >= 0.3 is 0 Å². The van der Waals surface area contributed by atoms with Crippen LogP contribution in [0.3, 0.4) is 0 Å². The van der Waals surface area contributed by atoms with E-state index in [9.17, 15) is 8.42 Å². The Kier molecular flexibility index (Phi) is 4.52. The van der Waals surface area contributed by atoms with Crippen LogP contribution in [0, 0.1) is 0 Å². The molecule has 0 unspecified atom stereocenters. The van der Waals surface area contributed by atoms with Gasteiger partial charge in [0.2, 0.25) is 5.95 Å². The Labute approximate surface area is 117 Å². The number of hydrogen-bond acceptors (Lipinski definition) is 5. The monoisotopic (exact) mass is 293 g/mol. The van der Waals surface area contributed by atoms with Gasteiger partial charge in [-0.15, -0.1) is 0 Å². The third-order valence-corrected chi connectivity index (χ3v) is 3.72. The van der Waals surface area contributed by atoms with Gasteiger partial charge in [-0.1, -0.05) is 25.1 Å². The number of hydrogen-bond donors (Lipinski definition) is 1. The predicted molar refractivity (Wildman–Crippen MR) is 75.1 cm³/mol. The van der Waals surface area contributed by atoms with Crippen molar-refractivity contribution in [2.75, 3.05) is 11.3 Å². The first-order valence-corrected chi connectivity index (χ1v) is 7.63. The predicted octanol–water partition coefficient (Wildman–Crippen LogP) is 2.07. The zero-order valence-corrected chi connectivity index (χ0v) is 11.8. The maximum atomic E-state index is 12.0. The zero-order valence-electron chi connectivity index (χ0n) is 11.0. The lowest BCUT2D eigenvalue weighted by Crippen LogP contribution is -2.14. The highest BCUT2D eigenvalue weighted by atomic mass is 32.2. The molecule has 2 rings (SSSR count). The number of nitrogens with one attached hydrogen (secondary N) is 1. The lowest BCUT2D eigenvalue weighted by atomic mass is 10.4. The van der Waals surface area contributed by atoms with E-state index in [0.717, 1.165) is 6.42 Å². The van der Waals surface area contributed by atoms with Crippen molar-refractivity contribution in [1.29, 1.82) is 0 Å². The van der Waals surface area contributed by atoms with E-state index in [-0.39, 0.29) is 10.8 Å². The van der Waals surface area contributed by atoms with Gasteiger partial charge in [0.25, 0.3) is 10.0 Å². The van der Waals surface area contributed by atoms with Crippen molar-refractivity contribution in [3.8, 4) is 5.75 Å². The first kappa shape index (κ1) is 14.3. The molecule has 0 radical (unpaired) electrons. The molecule has 0 amide bonds. The molecule has 0 saturated carbocycles. The summed E-state index contributed by atoms with van der Waals surface area (Å²) in [4.78, 5) is 7.99. The SMILES string of the molecule is CCCOc1cnc(NS(=O)(=O)c2ccccc2)nc1. The van der Waals surface area contributed by atoms with E-state index in [1.807, 2.05) is 6.92 Å². The van der Waals surface area contributed by atoms with E-state index in [1.54, 1.807) is 18.2 Å². The van der Waals surface area contributed by atoms with Crippen LogP contribution in [-0.4, -0.2) is 25.0 Å². The molecule has 0 saturated heterocycles. The summed E-state index contributed by atoms with van der Waals surface area (Å²) in [6, 6.07) is 8.05. The van der Waals surface area contributed by atoms with Gasteiger partial charge in [0, 0.05) is 0 Å². The van der Waals surface area contributed by atoms with Gasteiger partial charge in [0.1, 0.15) is 0 Å². The molecule has 1 heterocycles. The Morgan fingerprint density at radius 1 is 1.15 bits per heavy atom. The summed E-state index contributed by atoms with van der Waals surface area (Å²) < 4.78 is 31.7. The summed E-state index contributed by atoms with van der Waals surface area (Å²) in [6.45, 7) is 2.56. The van der Waals surface area contributed by atoms with Crippen LogP contribution in [0.15, 0.2) is 47.6 Å². The van der Waals surface area contributed by atoms with Crippen molar-refractivity contribution in [1.82, 2.24) is 9.97 Å². The fourth-order valence-electron chi connectivity index (χ4n) is 1.44. The Bertz CT molecular complexity index is 642. The van der Waals surface area contributed by atoms with Gasteiger partial charge in [-0.3, -0.25) is 0 Å². The van der Waals surface area contributed by atoms with Crippen molar-refractivity contribution in [3.05, 3.63) is 42.7 Å². The second-order valence-electron chi connectivity index (χ2n) is 4.01. The molecular formula is C13H15N3O3S. The fraction of sp³-hybridized carbons (Fsp3) is 0.231. The molecule has 0 aliphatic rings. The molecule has 106 valence electrons. The molecule has 7 heteroatoms. The molecule has 2 aromatic rings. The maximum absolute atomic E-state index is 12.0. The minimum absolute atomic E-state index is 0.0118. The highest BCUT2D eigenvalue weighted by Gasteiger charge is 2.14. The molecule has 6 nitrogen and oxygen atoms in total.